The van der Waals surface area contributed by atoms with Gasteiger partial charge in [0, 0.05) is 12.5 Å². The van der Waals surface area contributed by atoms with E-state index in [1.165, 1.54) is 7.11 Å². The monoisotopic (exact) mass is 277 g/mol. The van der Waals surface area contributed by atoms with Crippen molar-refractivity contribution in [2.75, 3.05) is 7.11 Å². The first kappa shape index (κ1) is 14.4. The van der Waals surface area contributed by atoms with Crippen molar-refractivity contribution in [1.82, 2.24) is 5.32 Å². The van der Waals surface area contributed by atoms with E-state index in [0.717, 1.165) is 24.4 Å². The third kappa shape index (κ3) is 3.99. The molecule has 0 aliphatic rings. The lowest BCUT2D eigenvalue weighted by Gasteiger charge is -2.11. The van der Waals surface area contributed by atoms with Gasteiger partial charge in [-0.05, 0) is 37.6 Å². The third-order valence-electron chi connectivity index (χ3n) is 3.08. The zero-order chi connectivity index (χ0) is 14.4. The van der Waals surface area contributed by atoms with Crippen LogP contribution in [0.5, 0.6) is 0 Å². The van der Waals surface area contributed by atoms with E-state index in [9.17, 15) is 4.79 Å². The van der Waals surface area contributed by atoms with Crippen molar-refractivity contribution >= 4 is 5.97 Å². The number of aryl methyl sites for hydroxylation is 1. The van der Waals surface area contributed by atoms with Crippen LogP contribution in [0.4, 0.5) is 0 Å². The molecule has 0 bridgehead atoms. The number of hydrogen-bond donors (Lipinski definition) is 1. The smallest absolute Gasteiger partial charge is 0.373 e. The third-order valence-corrected chi connectivity index (χ3v) is 3.08. The molecule has 0 saturated heterocycles. The van der Waals surface area contributed by atoms with Gasteiger partial charge in [0.15, 0.2) is 0 Å². The summed E-state index contributed by atoms with van der Waals surface area (Å²) in [5, 5.41) is 3.34. The number of carbonyl (C=O) groups is 1. The molecule has 0 spiro atoms. The van der Waals surface area contributed by atoms with E-state index < -0.39 is 5.97 Å². The van der Waals surface area contributed by atoms with Gasteiger partial charge in [-0.3, -0.25) is 0 Å². The van der Waals surface area contributed by atoms with E-state index in [0.29, 0.717) is 12.6 Å². The van der Waals surface area contributed by atoms with Crippen LogP contribution in [0, 0.1) is 0 Å². The van der Waals surface area contributed by atoms with Crippen LogP contribution in [-0.4, -0.2) is 19.1 Å². The molecule has 2 rings (SSSR count). The van der Waals surface area contributed by atoms with Gasteiger partial charge in [0.1, 0.15) is 11.5 Å². The molecule has 5 nitrogen and oxygen atoms in total. The molecule has 2 aromatic heterocycles. The number of carbonyl (C=O) groups excluding carboxylic acids is 1. The van der Waals surface area contributed by atoms with Crippen LogP contribution < -0.4 is 5.32 Å². The summed E-state index contributed by atoms with van der Waals surface area (Å²) in [6.45, 7) is 2.68. The second-order valence-corrected chi connectivity index (χ2v) is 4.66. The lowest BCUT2D eigenvalue weighted by molar-refractivity contribution is 0.0563. The van der Waals surface area contributed by atoms with E-state index in [1.54, 1.807) is 18.4 Å². The Morgan fingerprint density at radius 2 is 2.20 bits per heavy atom. The van der Waals surface area contributed by atoms with Crippen molar-refractivity contribution < 1.29 is 18.4 Å². The second-order valence-electron chi connectivity index (χ2n) is 4.66. The summed E-state index contributed by atoms with van der Waals surface area (Å²) in [6, 6.07) is 7.59. The summed E-state index contributed by atoms with van der Waals surface area (Å²) in [5.41, 5.74) is 0. The van der Waals surface area contributed by atoms with Gasteiger partial charge < -0.3 is 18.9 Å². The van der Waals surface area contributed by atoms with Gasteiger partial charge in [0.25, 0.3) is 0 Å². The number of methoxy groups -OCH3 is 1. The van der Waals surface area contributed by atoms with Crippen LogP contribution in [0.1, 0.15) is 35.4 Å². The Hall–Kier alpha value is -2.01. The molecule has 0 fully saturated rings. The SMILES string of the molecule is COC(=O)c1ccc(CNC(C)CCc2ccco2)o1. The minimum Gasteiger partial charge on any atom is -0.469 e. The Kier molecular flexibility index (Phi) is 5.01. The van der Waals surface area contributed by atoms with Crippen LogP contribution in [0.15, 0.2) is 39.4 Å². The molecule has 1 unspecified atom stereocenters. The highest BCUT2D eigenvalue weighted by Crippen LogP contribution is 2.10. The van der Waals surface area contributed by atoms with Gasteiger partial charge >= 0.3 is 5.97 Å². The number of nitrogens with one attached hydrogen (secondary N) is 1. The molecule has 0 saturated carbocycles. The Balaban J connectivity index is 1.74. The molecule has 0 amide bonds. The van der Waals surface area contributed by atoms with Crippen LogP contribution in [0.25, 0.3) is 0 Å². The molecule has 20 heavy (non-hydrogen) atoms. The summed E-state index contributed by atoms with van der Waals surface area (Å²) in [5.74, 6) is 1.48. The van der Waals surface area contributed by atoms with Crippen LogP contribution in [0.2, 0.25) is 0 Å². The van der Waals surface area contributed by atoms with Crippen LogP contribution >= 0.6 is 0 Å². The number of esters is 1. The highest BCUT2D eigenvalue weighted by atomic mass is 16.5. The molecule has 2 heterocycles. The molecule has 5 heteroatoms. The minimum atomic E-state index is -0.456. The lowest BCUT2D eigenvalue weighted by atomic mass is 10.1. The van der Waals surface area contributed by atoms with E-state index in [2.05, 4.69) is 17.0 Å². The standard InChI is InChI=1S/C15H19NO4/c1-11(5-6-12-4-3-9-19-12)16-10-13-7-8-14(20-13)15(17)18-2/h3-4,7-9,11,16H,5-6,10H2,1-2H3. The van der Waals surface area contributed by atoms with Crippen molar-refractivity contribution in [1.29, 1.82) is 0 Å². The summed E-state index contributed by atoms with van der Waals surface area (Å²) >= 11 is 0. The van der Waals surface area contributed by atoms with Gasteiger partial charge in [-0.15, -0.1) is 0 Å². The molecule has 0 aromatic carbocycles. The molecule has 2 aromatic rings. The fourth-order valence-electron chi connectivity index (χ4n) is 1.87. The van der Waals surface area contributed by atoms with Gasteiger partial charge in [-0.2, -0.15) is 0 Å². The molecule has 108 valence electrons. The molecule has 0 aliphatic carbocycles. The molecular weight excluding hydrogens is 258 g/mol. The van der Waals surface area contributed by atoms with Crippen LogP contribution in [0.3, 0.4) is 0 Å². The van der Waals surface area contributed by atoms with Gasteiger partial charge in [0.2, 0.25) is 5.76 Å². The summed E-state index contributed by atoms with van der Waals surface area (Å²) in [7, 11) is 1.33. The van der Waals surface area contributed by atoms with Crippen molar-refractivity contribution in [3.05, 3.63) is 47.8 Å². The fourth-order valence-corrected chi connectivity index (χ4v) is 1.87. The zero-order valence-electron chi connectivity index (χ0n) is 11.7. The van der Waals surface area contributed by atoms with E-state index in [-0.39, 0.29) is 5.76 Å². The first-order chi connectivity index (χ1) is 9.69. The quantitative estimate of drug-likeness (QED) is 0.788. The maximum Gasteiger partial charge on any atom is 0.373 e. The largest absolute Gasteiger partial charge is 0.469 e. The lowest BCUT2D eigenvalue weighted by Crippen LogP contribution is -2.25. The van der Waals surface area contributed by atoms with Gasteiger partial charge in [-0.25, -0.2) is 4.79 Å². The normalized spacial score (nSPS) is 12.3. The van der Waals surface area contributed by atoms with E-state index >= 15 is 0 Å². The second kappa shape index (κ2) is 6.96. The Labute approximate surface area is 117 Å². The number of rotatable bonds is 7. The van der Waals surface area contributed by atoms with Crippen molar-refractivity contribution in [2.45, 2.75) is 32.4 Å². The Bertz CT molecular complexity index is 530. The van der Waals surface area contributed by atoms with Gasteiger partial charge in [0.05, 0.1) is 19.9 Å². The predicted octanol–water partition coefficient (Wildman–Crippen LogP) is 2.77. The highest BCUT2D eigenvalue weighted by molar-refractivity contribution is 5.86. The Morgan fingerprint density at radius 3 is 2.90 bits per heavy atom. The molecule has 1 atom stereocenters. The van der Waals surface area contributed by atoms with E-state index in [1.807, 2.05) is 12.1 Å². The van der Waals surface area contributed by atoms with Crippen molar-refractivity contribution in [2.24, 2.45) is 0 Å². The predicted molar refractivity (Wildman–Crippen MR) is 73.4 cm³/mol. The number of ether oxygens (including phenoxy) is 1. The minimum absolute atomic E-state index is 0.229. The van der Waals surface area contributed by atoms with Gasteiger partial charge in [-0.1, -0.05) is 0 Å². The maximum atomic E-state index is 11.3. The van der Waals surface area contributed by atoms with E-state index in [4.69, 9.17) is 8.83 Å². The highest BCUT2D eigenvalue weighted by Gasteiger charge is 2.11. The zero-order valence-corrected chi connectivity index (χ0v) is 11.7. The maximum absolute atomic E-state index is 11.3. The fraction of sp³-hybridized carbons (Fsp3) is 0.400. The first-order valence-electron chi connectivity index (χ1n) is 6.62. The number of hydrogen-bond acceptors (Lipinski definition) is 5. The van der Waals surface area contributed by atoms with Crippen LogP contribution in [-0.2, 0) is 17.7 Å². The van der Waals surface area contributed by atoms with Crippen molar-refractivity contribution in [3.63, 3.8) is 0 Å². The average molecular weight is 277 g/mol. The Morgan fingerprint density at radius 1 is 1.35 bits per heavy atom. The van der Waals surface area contributed by atoms with Crippen molar-refractivity contribution in [3.8, 4) is 0 Å². The first-order valence-corrected chi connectivity index (χ1v) is 6.62. The molecule has 0 radical (unpaired) electrons. The molecule has 1 N–H and O–H groups in total. The summed E-state index contributed by atoms with van der Waals surface area (Å²) in [6.07, 6.45) is 3.55. The summed E-state index contributed by atoms with van der Waals surface area (Å²) in [4.78, 5) is 11.3. The summed E-state index contributed by atoms with van der Waals surface area (Å²) < 4.78 is 15.3. The average Bonchev–Trinajstić information content (AvgIpc) is 3.13. The molecular formula is C15H19NO4. The number of furan rings is 2. The topological polar surface area (TPSA) is 64.6 Å². The molecule has 0 aliphatic heterocycles.